The first-order valence-electron chi connectivity index (χ1n) is 10.3. The van der Waals surface area contributed by atoms with Gasteiger partial charge in [-0.1, -0.05) is 41.5 Å². The lowest BCUT2D eigenvalue weighted by atomic mass is 10.1. The molecule has 0 saturated carbocycles. The number of carbonyl (C=O) groups is 1. The molecule has 0 unspecified atom stereocenters. The van der Waals surface area contributed by atoms with Gasteiger partial charge in [-0.2, -0.15) is 0 Å². The highest BCUT2D eigenvalue weighted by atomic mass is 32.1. The molecule has 1 aromatic heterocycles. The predicted octanol–water partition coefficient (Wildman–Crippen LogP) is 5.13. The molecular weight excluding hydrogens is 439 g/mol. The molecule has 33 heavy (non-hydrogen) atoms. The second-order valence-corrected chi connectivity index (χ2v) is 8.39. The molecule has 0 radical (unpaired) electrons. The Balaban J connectivity index is 1.57. The fourth-order valence-corrected chi connectivity index (χ4v) is 4.38. The van der Waals surface area contributed by atoms with E-state index in [2.05, 4.69) is 16.7 Å². The number of nitrogens with zero attached hydrogens (tertiary/aromatic N) is 2. The first-order valence-corrected chi connectivity index (χ1v) is 11.1. The summed E-state index contributed by atoms with van der Waals surface area (Å²) in [5.41, 5.74) is 3.62. The van der Waals surface area contributed by atoms with Crippen LogP contribution in [0.1, 0.15) is 16.7 Å². The maximum atomic E-state index is 13.7. The molecule has 0 spiro atoms. The number of aliphatic carboxylic acids is 1. The number of thiazole rings is 1. The number of carboxylic acid groups (broad SMARTS) is 1. The van der Waals surface area contributed by atoms with Gasteiger partial charge in [0.2, 0.25) is 0 Å². The third-order valence-corrected chi connectivity index (χ3v) is 6.16. The minimum atomic E-state index is -1.16. The average molecular weight is 461 g/mol. The molecule has 0 aliphatic rings. The largest absolute Gasteiger partial charge is 0.497 e. The van der Waals surface area contributed by atoms with Crippen molar-refractivity contribution in [3.8, 4) is 17.6 Å². The van der Waals surface area contributed by atoms with Crippen LogP contribution in [0.4, 0.5) is 9.52 Å². The second kappa shape index (κ2) is 10.2. The van der Waals surface area contributed by atoms with Crippen LogP contribution in [0, 0.1) is 17.7 Å². The summed E-state index contributed by atoms with van der Waals surface area (Å²) in [4.78, 5) is 17.5. The Hall–Kier alpha value is -3.89. The van der Waals surface area contributed by atoms with Crippen LogP contribution in [0.2, 0.25) is 0 Å². The Bertz CT molecular complexity index is 1320. The van der Waals surface area contributed by atoms with E-state index < -0.39 is 5.97 Å². The average Bonchev–Trinajstić information content (AvgIpc) is 3.24. The van der Waals surface area contributed by atoms with Crippen LogP contribution >= 0.6 is 11.3 Å². The molecule has 5 nitrogen and oxygen atoms in total. The zero-order chi connectivity index (χ0) is 23.2. The summed E-state index contributed by atoms with van der Waals surface area (Å²) < 4.78 is 19.7. The number of aromatic nitrogens is 1. The van der Waals surface area contributed by atoms with Gasteiger partial charge in [-0.05, 0) is 60.0 Å². The van der Waals surface area contributed by atoms with E-state index in [4.69, 9.17) is 14.8 Å². The fourth-order valence-electron chi connectivity index (χ4n) is 3.36. The first kappa shape index (κ1) is 22.3. The number of methoxy groups -OCH3 is 1. The van der Waals surface area contributed by atoms with Crippen LogP contribution in [0.3, 0.4) is 0 Å². The van der Waals surface area contributed by atoms with Crippen molar-refractivity contribution in [2.24, 2.45) is 0 Å². The molecule has 4 rings (SSSR count). The van der Waals surface area contributed by atoms with Crippen LogP contribution < -0.4 is 9.64 Å². The minimum absolute atomic E-state index is 0.277. The summed E-state index contributed by atoms with van der Waals surface area (Å²) in [5.74, 6) is 4.12. The van der Waals surface area contributed by atoms with Gasteiger partial charge in [-0.15, -0.1) is 0 Å². The van der Waals surface area contributed by atoms with Crippen molar-refractivity contribution in [3.05, 3.63) is 89.2 Å². The lowest BCUT2D eigenvalue weighted by molar-refractivity contribution is -0.130. The van der Waals surface area contributed by atoms with Crippen LogP contribution in [-0.4, -0.2) is 29.7 Å². The van der Waals surface area contributed by atoms with Crippen molar-refractivity contribution in [2.75, 3.05) is 18.6 Å². The Morgan fingerprint density at radius 2 is 1.82 bits per heavy atom. The molecule has 0 bridgehead atoms. The summed E-state index contributed by atoms with van der Waals surface area (Å²) in [7, 11) is 1.64. The van der Waals surface area contributed by atoms with Crippen LogP contribution in [0.15, 0.2) is 66.7 Å². The number of ether oxygens (including phenoxy) is 1. The van der Waals surface area contributed by atoms with Crippen LogP contribution in [0.5, 0.6) is 5.75 Å². The van der Waals surface area contributed by atoms with Gasteiger partial charge in [0.1, 0.15) is 11.6 Å². The molecule has 0 fully saturated rings. The molecule has 1 heterocycles. The normalized spacial score (nSPS) is 10.5. The fraction of sp³-hybridized carbons (Fsp3) is 0.154. The SMILES string of the molecule is COc1ccc(CCN(Cc2ccc(C#CC(=O)O)cc2)c2nc3ccc(F)cc3s2)cc1. The standard InChI is InChI=1S/C26H21FN2O3S/c1-32-22-10-6-19(7-11-22)14-15-29(26-28-23-12-9-21(27)16-24(23)33-26)17-20-4-2-18(3-5-20)8-13-25(30)31/h2-7,9-12,16H,14-15,17H2,1H3,(H,30,31). The third-order valence-electron chi connectivity index (χ3n) is 5.08. The Morgan fingerprint density at radius 1 is 1.09 bits per heavy atom. The first-order chi connectivity index (χ1) is 16.0. The molecule has 4 aromatic rings. The molecular formula is C26H21FN2O3S. The molecule has 0 saturated heterocycles. The van der Waals surface area contributed by atoms with Crippen molar-refractivity contribution < 1.29 is 19.0 Å². The maximum absolute atomic E-state index is 13.7. The van der Waals surface area contributed by atoms with E-state index in [0.717, 1.165) is 39.6 Å². The van der Waals surface area contributed by atoms with Crippen molar-refractivity contribution in [2.45, 2.75) is 13.0 Å². The predicted molar refractivity (Wildman–Crippen MR) is 128 cm³/mol. The summed E-state index contributed by atoms with van der Waals surface area (Å²) in [6.07, 6.45) is 0.802. The van der Waals surface area contributed by atoms with Crippen LogP contribution in [-0.2, 0) is 17.8 Å². The van der Waals surface area contributed by atoms with Gasteiger partial charge in [0.15, 0.2) is 5.13 Å². The molecule has 3 aromatic carbocycles. The van der Waals surface area contributed by atoms with Gasteiger partial charge in [0.05, 0.1) is 17.3 Å². The Labute approximate surface area is 195 Å². The number of fused-ring (bicyclic) bond motifs is 1. The van der Waals surface area contributed by atoms with Gasteiger partial charge < -0.3 is 14.7 Å². The number of halogens is 1. The topological polar surface area (TPSA) is 62.7 Å². The number of anilines is 1. The minimum Gasteiger partial charge on any atom is -0.497 e. The van der Waals surface area contributed by atoms with Crippen molar-refractivity contribution in [1.82, 2.24) is 4.98 Å². The highest BCUT2D eigenvalue weighted by Gasteiger charge is 2.14. The molecule has 7 heteroatoms. The third kappa shape index (κ3) is 5.88. The van der Waals surface area contributed by atoms with E-state index in [0.29, 0.717) is 12.1 Å². The van der Waals surface area contributed by atoms with Gasteiger partial charge in [0.25, 0.3) is 0 Å². The van der Waals surface area contributed by atoms with E-state index in [1.54, 1.807) is 25.3 Å². The summed E-state index contributed by atoms with van der Waals surface area (Å²) >= 11 is 1.46. The number of carboxylic acids is 1. The van der Waals surface area contributed by atoms with Crippen LogP contribution in [0.25, 0.3) is 10.2 Å². The van der Waals surface area contributed by atoms with E-state index in [1.807, 2.05) is 36.4 Å². The summed E-state index contributed by atoms with van der Waals surface area (Å²) in [5, 5.41) is 9.54. The Kier molecular flexibility index (Phi) is 6.86. The number of hydrogen-bond donors (Lipinski definition) is 1. The molecule has 0 aliphatic carbocycles. The zero-order valence-corrected chi connectivity index (χ0v) is 18.7. The quantitative estimate of drug-likeness (QED) is 0.388. The monoisotopic (exact) mass is 460 g/mol. The van der Waals surface area contributed by atoms with E-state index in [1.165, 1.54) is 29.0 Å². The highest BCUT2D eigenvalue weighted by molar-refractivity contribution is 7.22. The number of rotatable bonds is 7. The van der Waals surface area contributed by atoms with E-state index >= 15 is 0 Å². The number of benzene rings is 3. The van der Waals surface area contributed by atoms with Gasteiger partial charge in [0, 0.05) is 24.6 Å². The van der Waals surface area contributed by atoms with Crippen molar-refractivity contribution in [3.63, 3.8) is 0 Å². The maximum Gasteiger partial charge on any atom is 0.382 e. The van der Waals surface area contributed by atoms with Crippen molar-refractivity contribution in [1.29, 1.82) is 0 Å². The lowest BCUT2D eigenvalue weighted by Crippen LogP contribution is -2.25. The van der Waals surface area contributed by atoms with Gasteiger partial charge in [-0.3, -0.25) is 0 Å². The highest BCUT2D eigenvalue weighted by Crippen LogP contribution is 2.30. The Morgan fingerprint density at radius 3 is 2.52 bits per heavy atom. The molecule has 0 atom stereocenters. The summed E-state index contributed by atoms with van der Waals surface area (Å²) in [6.45, 7) is 1.32. The van der Waals surface area contributed by atoms with E-state index in [9.17, 15) is 9.18 Å². The van der Waals surface area contributed by atoms with E-state index in [-0.39, 0.29) is 5.82 Å². The smallest absolute Gasteiger partial charge is 0.382 e. The molecule has 0 aliphatic heterocycles. The molecule has 166 valence electrons. The molecule has 0 amide bonds. The number of hydrogen-bond acceptors (Lipinski definition) is 5. The van der Waals surface area contributed by atoms with Gasteiger partial charge in [-0.25, -0.2) is 14.2 Å². The van der Waals surface area contributed by atoms with Crippen molar-refractivity contribution >= 4 is 32.7 Å². The zero-order valence-electron chi connectivity index (χ0n) is 17.9. The summed E-state index contributed by atoms with van der Waals surface area (Å²) in [6, 6.07) is 20.1. The van der Waals surface area contributed by atoms with Gasteiger partial charge >= 0.3 is 5.97 Å². The lowest BCUT2D eigenvalue weighted by Gasteiger charge is -2.22. The molecule has 1 N–H and O–H groups in total. The second-order valence-electron chi connectivity index (χ2n) is 7.38.